The van der Waals surface area contributed by atoms with E-state index < -0.39 is 12.2 Å². The fraction of sp³-hybridized carbons (Fsp3) is 0.833. The van der Waals surface area contributed by atoms with Crippen LogP contribution in [0.1, 0.15) is 19.8 Å². The zero-order valence-corrected chi connectivity index (χ0v) is 5.49. The van der Waals surface area contributed by atoms with Crippen molar-refractivity contribution in [3.8, 4) is 0 Å². The molecule has 0 saturated heterocycles. The number of hydrogen-bond acceptors (Lipinski definition) is 3. The summed E-state index contributed by atoms with van der Waals surface area (Å²) in [7, 11) is 0. The van der Waals surface area contributed by atoms with Gasteiger partial charge in [0.25, 0.3) is 0 Å². The van der Waals surface area contributed by atoms with E-state index in [9.17, 15) is 0 Å². The van der Waals surface area contributed by atoms with Crippen LogP contribution < -0.4 is 0 Å². The van der Waals surface area contributed by atoms with Crippen molar-refractivity contribution in [3.63, 3.8) is 0 Å². The van der Waals surface area contributed by atoms with Crippen LogP contribution in [0.5, 0.6) is 0 Å². The number of aliphatic hydroxyl groups is 3. The van der Waals surface area contributed by atoms with Gasteiger partial charge in [0.15, 0.2) is 0 Å². The average Bonchev–Trinajstić information content (AvgIpc) is 1.87. The van der Waals surface area contributed by atoms with Gasteiger partial charge in [-0.3, -0.25) is 0 Å². The zero-order valence-electron chi connectivity index (χ0n) is 5.49. The molecule has 0 spiro atoms. The lowest BCUT2D eigenvalue weighted by Crippen LogP contribution is -2.24. The molecule has 2 unspecified atom stereocenters. The summed E-state index contributed by atoms with van der Waals surface area (Å²) in [6, 6.07) is 0. The topological polar surface area (TPSA) is 60.7 Å². The molecule has 0 amide bonds. The molecule has 0 rings (SSSR count). The molecule has 0 aliphatic rings. The van der Waals surface area contributed by atoms with Crippen LogP contribution in [0, 0.1) is 6.61 Å². The van der Waals surface area contributed by atoms with E-state index in [1.807, 2.05) is 0 Å². The van der Waals surface area contributed by atoms with Crippen molar-refractivity contribution in [3.05, 3.63) is 6.61 Å². The average molecular weight is 133 g/mol. The molecule has 0 aliphatic carbocycles. The number of rotatable bonds is 4. The third-order valence-corrected chi connectivity index (χ3v) is 1.21. The molecule has 0 fully saturated rings. The Kier molecular flexibility index (Phi) is 4.67. The van der Waals surface area contributed by atoms with Crippen LogP contribution >= 0.6 is 0 Å². The largest absolute Gasteiger partial charge is 0.390 e. The summed E-state index contributed by atoms with van der Waals surface area (Å²) in [4.78, 5) is 0. The normalized spacial score (nSPS) is 17.3. The minimum atomic E-state index is -0.819. The predicted molar refractivity (Wildman–Crippen MR) is 33.2 cm³/mol. The predicted octanol–water partition coefficient (Wildman–Crippen LogP) is 0.0426. The smallest absolute Gasteiger partial charge is 0.0825 e. The highest BCUT2D eigenvalue weighted by Crippen LogP contribution is 2.02. The summed E-state index contributed by atoms with van der Waals surface area (Å²) in [5, 5.41) is 25.9. The number of hydrogen-bond donors (Lipinski definition) is 3. The maximum atomic E-state index is 8.88. The first-order valence-corrected chi connectivity index (χ1v) is 3.04. The van der Waals surface area contributed by atoms with Gasteiger partial charge in [-0.1, -0.05) is 6.92 Å². The van der Waals surface area contributed by atoms with Crippen LogP contribution in [-0.4, -0.2) is 27.5 Å². The Hall–Kier alpha value is -0.120. The van der Waals surface area contributed by atoms with Crippen molar-refractivity contribution in [1.29, 1.82) is 0 Å². The summed E-state index contributed by atoms with van der Waals surface area (Å²) in [6.45, 7) is 2.62. The Labute approximate surface area is 54.9 Å². The van der Waals surface area contributed by atoms with Crippen LogP contribution in [0.25, 0.3) is 0 Å². The minimum absolute atomic E-state index is 0.134. The van der Waals surface area contributed by atoms with Gasteiger partial charge in [-0.15, -0.1) is 0 Å². The van der Waals surface area contributed by atoms with Crippen molar-refractivity contribution >= 4 is 0 Å². The molecule has 2 atom stereocenters. The lowest BCUT2D eigenvalue weighted by molar-refractivity contribution is 0.0115. The highest BCUT2D eigenvalue weighted by Gasteiger charge is 2.12. The molecule has 3 N–H and O–H groups in total. The Bertz CT molecular complexity index is 65.3. The summed E-state index contributed by atoms with van der Waals surface area (Å²) >= 11 is 0. The second-order valence-electron chi connectivity index (χ2n) is 1.96. The molecule has 0 aliphatic heterocycles. The molecule has 3 nitrogen and oxygen atoms in total. The van der Waals surface area contributed by atoms with Crippen molar-refractivity contribution in [2.75, 3.05) is 0 Å². The molecule has 3 heteroatoms. The molecule has 55 valence electrons. The van der Waals surface area contributed by atoms with Gasteiger partial charge in [-0.2, -0.15) is 0 Å². The Morgan fingerprint density at radius 2 is 1.89 bits per heavy atom. The first-order valence-electron chi connectivity index (χ1n) is 3.04. The van der Waals surface area contributed by atoms with E-state index in [2.05, 4.69) is 0 Å². The second-order valence-corrected chi connectivity index (χ2v) is 1.96. The van der Waals surface area contributed by atoms with Gasteiger partial charge in [-0.05, 0) is 6.42 Å². The quantitative estimate of drug-likeness (QED) is 0.507. The van der Waals surface area contributed by atoms with E-state index in [0.717, 1.165) is 6.61 Å². The Morgan fingerprint density at radius 3 is 2.22 bits per heavy atom. The molecule has 0 bridgehead atoms. The van der Waals surface area contributed by atoms with Crippen LogP contribution in [-0.2, 0) is 0 Å². The zero-order chi connectivity index (χ0) is 7.28. The van der Waals surface area contributed by atoms with Crippen molar-refractivity contribution < 1.29 is 15.3 Å². The molecule has 9 heavy (non-hydrogen) atoms. The molecule has 0 aromatic heterocycles. The number of aliphatic hydroxyl groups excluding tert-OH is 3. The monoisotopic (exact) mass is 133 g/mol. The van der Waals surface area contributed by atoms with Gasteiger partial charge in [0, 0.05) is 6.42 Å². The van der Waals surface area contributed by atoms with Gasteiger partial charge in [0.05, 0.1) is 18.8 Å². The second kappa shape index (κ2) is 4.73. The van der Waals surface area contributed by atoms with Crippen LogP contribution in [0.15, 0.2) is 0 Å². The maximum absolute atomic E-state index is 8.88. The SMILES string of the molecule is CCC(O)C(O)C[CH]O. The Morgan fingerprint density at radius 1 is 1.33 bits per heavy atom. The van der Waals surface area contributed by atoms with Crippen molar-refractivity contribution in [2.24, 2.45) is 0 Å². The van der Waals surface area contributed by atoms with E-state index in [-0.39, 0.29) is 6.42 Å². The van der Waals surface area contributed by atoms with Crippen LogP contribution in [0.4, 0.5) is 0 Å². The van der Waals surface area contributed by atoms with Crippen molar-refractivity contribution in [2.45, 2.75) is 32.0 Å². The van der Waals surface area contributed by atoms with Gasteiger partial charge in [0.2, 0.25) is 0 Å². The Balaban J connectivity index is 3.32. The molecular formula is C6H13O3. The van der Waals surface area contributed by atoms with Crippen molar-refractivity contribution in [1.82, 2.24) is 0 Å². The maximum Gasteiger partial charge on any atom is 0.0825 e. The highest BCUT2D eigenvalue weighted by molar-refractivity contribution is 4.67. The summed E-state index contributed by atoms with van der Waals surface area (Å²) < 4.78 is 0. The van der Waals surface area contributed by atoms with E-state index in [4.69, 9.17) is 15.3 Å². The molecule has 1 radical (unpaired) electrons. The first kappa shape index (κ1) is 8.88. The van der Waals surface area contributed by atoms with E-state index >= 15 is 0 Å². The van der Waals surface area contributed by atoms with Gasteiger partial charge >= 0.3 is 0 Å². The first-order chi connectivity index (χ1) is 4.22. The van der Waals surface area contributed by atoms with E-state index in [1.165, 1.54) is 0 Å². The third kappa shape index (κ3) is 3.46. The highest BCUT2D eigenvalue weighted by atomic mass is 16.3. The van der Waals surface area contributed by atoms with Gasteiger partial charge in [0.1, 0.15) is 0 Å². The molecule has 0 heterocycles. The lowest BCUT2D eigenvalue weighted by atomic mass is 10.1. The fourth-order valence-electron chi connectivity index (χ4n) is 0.537. The summed E-state index contributed by atoms with van der Waals surface area (Å²) in [6.07, 6.45) is -0.891. The van der Waals surface area contributed by atoms with Crippen LogP contribution in [0.3, 0.4) is 0 Å². The van der Waals surface area contributed by atoms with Gasteiger partial charge in [-0.25, -0.2) is 0 Å². The summed E-state index contributed by atoms with van der Waals surface area (Å²) in [5.74, 6) is 0. The fourth-order valence-corrected chi connectivity index (χ4v) is 0.537. The van der Waals surface area contributed by atoms with Crippen LogP contribution in [0.2, 0.25) is 0 Å². The van der Waals surface area contributed by atoms with E-state index in [0.29, 0.717) is 6.42 Å². The third-order valence-electron chi connectivity index (χ3n) is 1.21. The molecule has 0 aromatic carbocycles. The molecular weight excluding hydrogens is 120 g/mol. The minimum Gasteiger partial charge on any atom is -0.390 e. The van der Waals surface area contributed by atoms with Gasteiger partial charge < -0.3 is 15.3 Å². The molecule has 0 saturated carbocycles. The van der Waals surface area contributed by atoms with E-state index in [1.54, 1.807) is 6.92 Å². The summed E-state index contributed by atoms with van der Waals surface area (Å²) in [5.41, 5.74) is 0. The standard InChI is InChI=1S/C6H13O3/c1-2-5(8)6(9)3-4-7/h4-9H,2-3H2,1H3. The lowest BCUT2D eigenvalue weighted by Gasteiger charge is -2.13. The molecule has 0 aromatic rings.